The lowest BCUT2D eigenvalue weighted by atomic mass is 10.0. The number of hydrogen-bond donors (Lipinski definition) is 3. The van der Waals surface area contributed by atoms with E-state index in [1.165, 1.54) is 11.3 Å². The van der Waals surface area contributed by atoms with Crippen molar-refractivity contribution in [3.63, 3.8) is 0 Å². The largest absolute Gasteiger partial charge is 0.368 e. The molecule has 0 unspecified atom stereocenters. The third-order valence-electron chi connectivity index (χ3n) is 5.33. The van der Waals surface area contributed by atoms with Gasteiger partial charge in [-0.1, -0.05) is 48.0 Å². The highest BCUT2D eigenvalue weighted by Gasteiger charge is 2.25. The lowest BCUT2D eigenvalue weighted by Crippen LogP contribution is -2.23. The summed E-state index contributed by atoms with van der Waals surface area (Å²) in [6.45, 7) is 3.23. The van der Waals surface area contributed by atoms with Crippen LogP contribution in [0.3, 0.4) is 0 Å². The first-order valence-electron chi connectivity index (χ1n) is 11.1. The first kappa shape index (κ1) is 27.8. The summed E-state index contributed by atoms with van der Waals surface area (Å²) in [6.07, 6.45) is 0.715. The summed E-state index contributed by atoms with van der Waals surface area (Å²) in [4.78, 5) is 13.4. The molecule has 38 heavy (non-hydrogen) atoms. The van der Waals surface area contributed by atoms with Crippen molar-refractivity contribution >= 4 is 60.1 Å². The molecule has 3 aromatic heterocycles. The van der Waals surface area contributed by atoms with E-state index < -0.39 is 25.4 Å². The van der Waals surface area contributed by atoms with Crippen LogP contribution in [-0.2, 0) is 20.1 Å². The van der Waals surface area contributed by atoms with Crippen molar-refractivity contribution in [3.05, 3.63) is 65.0 Å². The van der Waals surface area contributed by atoms with E-state index in [1.54, 1.807) is 26.0 Å². The van der Waals surface area contributed by atoms with Gasteiger partial charge in [-0.2, -0.15) is 8.42 Å². The highest BCUT2D eigenvalue weighted by atomic mass is 35.5. The molecule has 0 bridgehead atoms. The average Bonchev–Trinajstić information content (AvgIpc) is 3.54. The Morgan fingerprint density at radius 2 is 1.66 bits per heavy atom. The van der Waals surface area contributed by atoms with Gasteiger partial charge in [0.15, 0.2) is 0 Å². The third kappa shape index (κ3) is 5.92. The van der Waals surface area contributed by atoms with E-state index in [9.17, 15) is 16.8 Å². The Bertz CT molecular complexity index is 1820. The van der Waals surface area contributed by atoms with E-state index in [0.717, 1.165) is 25.7 Å². The van der Waals surface area contributed by atoms with Gasteiger partial charge in [0.1, 0.15) is 5.82 Å². The maximum atomic E-state index is 13.0. The van der Waals surface area contributed by atoms with Gasteiger partial charge in [0.2, 0.25) is 16.0 Å². The number of thiophene rings is 1. The molecule has 2 aromatic carbocycles. The predicted molar refractivity (Wildman–Crippen MR) is 152 cm³/mol. The minimum atomic E-state index is -3.70. The second kappa shape index (κ2) is 10.5. The first-order chi connectivity index (χ1) is 17.8. The molecule has 0 fully saturated rings. The average molecular weight is 594 g/mol. The van der Waals surface area contributed by atoms with Crippen LogP contribution in [0.25, 0.3) is 44.2 Å². The molecule has 0 aliphatic rings. The molecule has 0 aliphatic heterocycles. The fourth-order valence-corrected chi connectivity index (χ4v) is 5.78. The van der Waals surface area contributed by atoms with Gasteiger partial charge in [0, 0.05) is 11.1 Å². The minimum absolute atomic E-state index is 0.0601. The lowest BCUT2D eigenvalue weighted by molar-refractivity contribution is 0.490. The van der Waals surface area contributed by atoms with Crippen molar-refractivity contribution in [3.8, 4) is 33.2 Å². The van der Waals surface area contributed by atoms with Crippen LogP contribution in [0.1, 0.15) is 13.8 Å². The standard InChI is InChI=1S/C23H20ClN5O2S2.CH4O3S/c1-13(2)33(30,31)29-17-12-15(8-9-16(17)26-23(29)25)21-20(14-6-4-3-5-7-14)27-22(28-21)18-10-11-19(24)32-18;1-5(2,3)4/h3-13H,1-2H3,(H2,25,26)(H,27,28);1H3,(H,2,3,4). The highest BCUT2D eigenvalue weighted by Crippen LogP contribution is 2.37. The highest BCUT2D eigenvalue weighted by molar-refractivity contribution is 7.90. The van der Waals surface area contributed by atoms with Gasteiger partial charge in [0.25, 0.3) is 10.1 Å². The van der Waals surface area contributed by atoms with E-state index >= 15 is 0 Å². The Morgan fingerprint density at radius 1 is 1.00 bits per heavy atom. The number of nitrogens with two attached hydrogens (primary N) is 1. The van der Waals surface area contributed by atoms with Crippen LogP contribution >= 0.6 is 22.9 Å². The normalized spacial score (nSPS) is 12.1. The summed E-state index contributed by atoms with van der Waals surface area (Å²) in [7, 11) is -7.37. The summed E-state index contributed by atoms with van der Waals surface area (Å²) in [6, 6.07) is 19.0. The fraction of sp³-hybridized carbons (Fsp3) is 0.167. The smallest absolute Gasteiger partial charge is 0.261 e. The Balaban J connectivity index is 0.000000617. The Morgan fingerprint density at radius 3 is 2.24 bits per heavy atom. The maximum absolute atomic E-state index is 13.0. The van der Waals surface area contributed by atoms with Gasteiger partial charge < -0.3 is 10.7 Å². The van der Waals surface area contributed by atoms with Crippen molar-refractivity contribution in [1.29, 1.82) is 0 Å². The molecule has 5 rings (SSSR count). The maximum Gasteiger partial charge on any atom is 0.261 e. The zero-order valence-electron chi connectivity index (χ0n) is 20.5. The van der Waals surface area contributed by atoms with Crippen molar-refractivity contribution < 1.29 is 21.4 Å². The van der Waals surface area contributed by atoms with Gasteiger partial charge in [-0.05, 0) is 38.1 Å². The number of imidazole rings is 2. The summed E-state index contributed by atoms with van der Waals surface area (Å²) in [5.41, 5.74) is 10.1. The second-order valence-corrected chi connectivity index (χ2v) is 14.1. The molecule has 5 aromatic rings. The number of anilines is 1. The zero-order chi connectivity index (χ0) is 27.8. The summed E-state index contributed by atoms with van der Waals surface area (Å²) < 4.78 is 53.6. The van der Waals surface area contributed by atoms with E-state index in [0.29, 0.717) is 33.1 Å². The number of rotatable bonds is 5. The molecule has 14 heteroatoms. The second-order valence-electron chi connectivity index (χ2n) is 8.54. The predicted octanol–water partition coefficient (Wildman–Crippen LogP) is 5.15. The Hall–Kier alpha value is -3.23. The molecule has 3 heterocycles. The first-order valence-corrected chi connectivity index (χ1v) is 15.7. The van der Waals surface area contributed by atoms with Crippen LogP contribution in [0, 0.1) is 0 Å². The van der Waals surface area contributed by atoms with E-state index in [4.69, 9.17) is 26.9 Å². The molecule has 0 radical (unpaired) electrons. The number of aromatic nitrogens is 4. The van der Waals surface area contributed by atoms with Crippen molar-refractivity contribution in [2.45, 2.75) is 19.1 Å². The monoisotopic (exact) mass is 593 g/mol. The molecule has 0 saturated heterocycles. The van der Waals surface area contributed by atoms with Gasteiger partial charge in [-0.25, -0.2) is 22.4 Å². The summed E-state index contributed by atoms with van der Waals surface area (Å²) >= 11 is 7.57. The number of fused-ring (bicyclic) bond motifs is 1. The van der Waals surface area contributed by atoms with E-state index in [1.807, 2.05) is 48.5 Å². The number of hydrogen-bond acceptors (Lipinski definition) is 8. The van der Waals surface area contributed by atoms with Crippen molar-refractivity contribution in [2.24, 2.45) is 0 Å². The summed E-state index contributed by atoms with van der Waals surface area (Å²) in [5.74, 6) is 0.624. The molecule has 0 atom stereocenters. The molecule has 10 nitrogen and oxygen atoms in total. The number of benzene rings is 2. The zero-order valence-corrected chi connectivity index (χ0v) is 23.7. The minimum Gasteiger partial charge on any atom is -0.368 e. The number of H-pyrrole nitrogens is 1. The number of halogens is 1. The molecule has 200 valence electrons. The summed E-state index contributed by atoms with van der Waals surface area (Å²) in [5, 5.41) is -0.652. The van der Waals surface area contributed by atoms with E-state index in [-0.39, 0.29) is 5.95 Å². The van der Waals surface area contributed by atoms with Crippen molar-refractivity contribution in [2.75, 3.05) is 12.0 Å². The number of nitrogens with one attached hydrogen (secondary N) is 1. The number of aromatic amines is 1. The number of nitrogen functional groups attached to an aromatic ring is 1. The van der Waals surface area contributed by atoms with Crippen LogP contribution in [0.2, 0.25) is 4.34 Å². The van der Waals surface area contributed by atoms with Gasteiger partial charge in [-0.15, -0.1) is 11.3 Å². The van der Waals surface area contributed by atoms with Crippen LogP contribution in [-0.4, -0.2) is 51.8 Å². The molecular weight excluding hydrogens is 570 g/mol. The molecular formula is C24H24ClN5O5S3. The van der Waals surface area contributed by atoms with Gasteiger partial charge in [-0.3, -0.25) is 4.55 Å². The molecule has 0 amide bonds. The van der Waals surface area contributed by atoms with Crippen LogP contribution < -0.4 is 5.73 Å². The molecule has 0 spiro atoms. The topological polar surface area (TPSA) is 161 Å². The van der Waals surface area contributed by atoms with Gasteiger partial charge >= 0.3 is 0 Å². The lowest BCUT2D eigenvalue weighted by Gasteiger charge is -2.11. The van der Waals surface area contributed by atoms with Gasteiger partial charge in [0.05, 0.1) is 43.1 Å². The molecule has 0 saturated carbocycles. The van der Waals surface area contributed by atoms with Crippen LogP contribution in [0.5, 0.6) is 0 Å². The Labute approximate surface area is 228 Å². The van der Waals surface area contributed by atoms with E-state index in [2.05, 4.69) is 9.97 Å². The molecule has 4 N–H and O–H groups in total. The number of nitrogens with zero attached hydrogens (tertiary/aromatic N) is 3. The fourth-order valence-electron chi connectivity index (χ4n) is 3.65. The van der Waals surface area contributed by atoms with Crippen molar-refractivity contribution in [1.82, 2.24) is 18.9 Å². The Kier molecular flexibility index (Phi) is 7.68. The third-order valence-corrected chi connectivity index (χ3v) is 8.66. The quantitative estimate of drug-likeness (QED) is 0.236. The van der Waals surface area contributed by atoms with Crippen LogP contribution in [0.4, 0.5) is 5.95 Å². The molecule has 0 aliphatic carbocycles. The SMILES string of the molecule is CC(C)S(=O)(=O)n1c(N)nc2ccc(-c3nc(-c4ccc(Cl)s4)[nH]c3-c3ccccc3)cc21.CS(=O)(=O)O. The van der Waals surface area contributed by atoms with Crippen LogP contribution in [0.15, 0.2) is 60.7 Å².